The molecule has 1 amide bonds. The van der Waals surface area contributed by atoms with Crippen molar-refractivity contribution in [1.82, 2.24) is 4.90 Å². The van der Waals surface area contributed by atoms with Crippen LogP contribution in [-0.2, 0) is 0 Å². The molecule has 0 atom stereocenters. The third-order valence-corrected chi connectivity index (χ3v) is 3.22. The fraction of sp³-hybridized carbons (Fsp3) is 0.500. The van der Waals surface area contributed by atoms with Gasteiger partial charge in [0.05, 0.1) is 19.9 Å². The lowest BCUT2D eigenvalue weighted by Crippen LogP contribution is -2.45. The van der Waals surface area contributed by atoms with Gasteiger partial charge in [0.1, 0.15) is 0 Å². The molecule has 0 heterocycles. The SMILES string of the molecule is COc1ccc(/C=N/O)cc1OCCCN(C(=O)O)C(C)(C)C. The van der Waals surface area contributed by atoms with E-state index in [0.29, 0.717) is 36.6 Å². The Morgan fingerprint density at radius 1 is 1.35 bits per heavy atom. The average molecular weight is 324 g/mol. The van der Waals surface area contributed by atoms with Gasteiger partial charge in [0.15, 0.2) is 11.5 Å². The third kappa shape index (κ3) is 5.69. The molecular weight excluding hydrogens is 300 g/mol. The summed E-state index contributed by atoms with van der Waals surface area (Å²) >= 11 is 0. The van der Waals surface area contributed by atoms with Crippen LogP contribution in [0.2, 0.25) is 0 Å². The molecule has 0 aliphatic carbocycles. The molecule has 0 saturated heterocycles. The Bertz CT molecular complexity index is 552. The van der Waals surface area contributed by atoms with Gasteiger partial charge in [-0.3, -0.25) is 0 Å². The van der Waals surface area contributed by atoms with Gasteiger partial charge >= 0.3 is 6.09 Å². The molecule has 23 heavy (non-hydrogen) atoms. The molecule has 0 saturated carbocycles. The molecule has 0 unspecified atom stereocenters. The molecule has 7 heteroatoms. The minimum Gasteiger partial charge on any atom is -0.493 e. The molecule has 0 aliphatic rings. The summed E-state index contributed by atoms with van der Waals surface area (Å²) in [7, 11) is 1.54. The van der Waals surface area contributed by atoms with Crippen molar-refractivity contribution in [2.75, 3.05) is 20.3 Å². The van der Waals surface area contributed by atoms with Gasteiger partial charge in [-0.2, -0.15) is 0 Å². The van der Waals surface area contributed by atoms with Gasteiger partial charge in [0.2, 0.25) is 0 Å². The van der Waals surface area contributed by atoms with Gasteiger partial charge in [0, 0.05) is 17.6 Å². The molecular formula is C16H24N2O5. The van der Waals surface area contributed by atoms with E-state index in [2.05, 4.69) is 5.16 Å². The van der Waals surface area contributed by atoms with Crippen molar-refractivity contribution >= 4 is 12.3 Å². The predicted octanol–water partition coefficient (Wildman–Crippen LogP) is 3.05. The van der Waals surface area contributed by atoms with Gasteiger partial charge in [-0.05, 0) is 45.4 Å². The van der Waals surface area contributed by atoms with E-state index in [4.69, 9.17) is 14.7 Å². The number of methoxy groups -OCH3 is 1. The Morgan fingerprint density at radius 3 is 2.57 bits per heavy atom. The van der Waals surface area contributed by atoms with Crippen molar-refractivity contribution in [3.05, 3.63) is 23.8 Å². The first-order chi connectivity index (χ1) is 10.8. The summed E-state index contributed by atoms with van der Waals surface area (Å²) < 4.78 is 10.9. The van der Waals surface area contributed by atoms with Crippen molar-refractivity contribution in [1.29, 1.82) is 0 Å². The van der Waals surface area contributed by atoms with Crippen molar-refractivity contribution in [2.45, 2.75) is 32.7 Å². The smallest absolute Gasteiger partial charge is 0.407 e. The molecule has 0 spiro atoms. The maximum absolute atomic E-state index is 11.3. The number of carbonyl (C=O) groups is 1. The highest BCUT2D eigenvalue weighted by Crippen LogP contribution is 2.27. The van der Waals surface area contributed by atoms with Crippen LogP contribution in [0.1, 0.15) is 32.8 Å². The molecule has 0 bridgehead atoms. The Kier molecular flexibility index (Phi) is 6.68. The summed E-state index contributed by atoms with van der Waals surface area (Å²) in [5, 5.41) is 20.8. The topological polar surface area (TPSA) is 91.6 Å². The lowest BCUT2D eigenvalue weighted by molar-refractivity contribution is 0.0960. The summed E-state index contributed by atoms with van der Waals surface area (Å²) in [4.78, 5) is 12.6. The first kappa shape index (κ1) is 18.6. The number of oxime groups is 1. The maximum Gasteiger partial charge on any atom is 0.407 e. The first-order valence-electron chi connectivity index (χ1n) is 7.28. The van der Waals surface area contributed by atoms with Crippen LogP contribution in [-0.4, -0.2) is 53.3 Å². The summed E-state index contributed by atoms with van der Waals surface area (Å²) in [6.45, 7) is 6.27. The molecule has 7 nitrogen and oxygen atoms in total. The first-order valence-corrected chi connectivity index (χ1v) is 7.28. The highest BCUT2D eigenvalue weighted by Gasteiger charge is 2.25. The van der Waals surface area contributed by atoms with E-state index in [0.717, 1.165) is 0 Å². The number of hydrogen-bond acceptors (Lipinski definition) is 5. The number of nitrogens with zero attached hydrogens (tertiary/aromatic N) is 2. The molecule has 0 radical (unpaired) electrons. The van der Waals surface area contributed by atoms with Crippen LogP contribution in [0.5, 0.6) is 11.5 Å². The summed E-state index contributed by atoms with van der Waals surface area (Å²) in [6.07, 6.45) is 0.888. The molecule has 0 aromatic heterocycles. The van der Waals surface area contributed by atoms with Crippen LogP contribution in [0.4, 0.5) is 4.79 Å². The van der Waals surface area contributed by atoms with Gasteiger partial charge < -0.3 is 24.7 Å². The van der Waals surface area contributed by atoms with E-state index >= 15 is 0 Å². The number of amides is 1. The predicted molar refractivity (Wildman–Crippen MR) is 87.0 cm³/mol. The zero-order valence-electron chi connectivity index (χ0n) is 13.9. The molecule has 2 N–H and O–H groups in total. The number of rotatable bonds is 7. The maximum atomic E-state index is 11.3. The fourth-order valence-electron chi connectivity index (χ4n) is 2.08. The molecule has 1 aromatic carbocycles. The lowest BCUT2D eigenvalue weighted by Gasteiger charge is -2.33. The monoisotopic (exact) mass is 324 g/mol. The molecule has 0 fully saturated rings. The molecule has 0 aliphatic heterocycles. The normalized spacial score (nSPS) is 11.5. The number of benzene rings is 1. The van der Waals surface area contributed by atoms with Crippen LogP contribution in [0.3, 0.4) is 0 Å². The van der Waals surface area contributed by atoms with Crippen molar-refractivity contribution in [3.8, 4) is 11.5 Å². The Balaban J connectivity index is 2.64. The van der Waals surface area contributed by atoms with E-state index in [-0.39, 0.29) is 0 Å². The van der Waals surface area contributed by atoms with Crippen molar-refractivity contribution in [2.24, 2.45) is 5.16 Å². The fourth-order valence-corrected chi connectivity index (χ4v) is 2.08. The summed E-state index contributed by atoms with van der Waals surface area (Å²) in [5.74, 6) is 1.08. The Hall–Kier alpha value is -2.44. The Morgan fingerprint density at radius 2 is 2.04 bits per heavy atom. The molecule has 1 aromatic rings. The van der Waals surface area contributed by atoms with Gasteiger partial charge in [-0.15, -0.1) is 0 Å². The van der Waals surface area contributed by atoms with E-state index in [9.17, 15) is 9.90 Å². The number of hydrogen-bond donors (Lipinski definition) is 2. The zero-order valence-corrected chi connectivity index (χ0v) is 13.9. The van der Waals surface area contributed by atoms with Gasteiger partial charge in [-0.25, -0.2) is 4.79 Å². The average Bonchev–Trinajstić information content (AvgIpc) is 2.45. The van der Waals surface area contributed by atoms with E-state index in [1.54, 1.807) is 18.2 Å². The van der Waals surface area contributed by atoms with Gasteiger partial charge in [-0.1, -0.05) is 5.16 Å². The van der Waals surface area contributed by atoms with E-state index < -0.39 is 11.6 Å². The highest BCUT2D eigenvalue weighted by atomic mass is 16.5. The second kappa shape index (κ2) is 8.26. The third-order valence-electron chi connectivity index (χ3n) is 3.22. The largest absolute Gasteiger partial charge is 0.493 e. The second-order valence-electron chi connectivity index (χ2n) is 5.96. The summed E-state index contributed by atoms with van der Waals surface area (Å²) in [6, 6.07) is 5.14. The minimum absolute atomic E-state index is 0.343. The Labute approximate surface area is 136 Å². The quantitative estimate of drug-likeness (QED) is 0.348. The summed E-state index contributed by atoms with van der Waals surface area (Å²) in [5.41, 5.74) is 0.214. The second-order valence-corrected chi connectivity index (χ2v) is 5.96. The van der Waals surface area contributed by atoms with E-state index in [1.165, 1.54) is 18.2 Å². The number of carboxylic acid groups (broad SMARTS) is 1. The standard InChI is InChI=1S/C16H24N2O5/c1-16(2,3)18(15(19)20)8-5-9-23-14-10-12(11-17-21)6-7-13(14)22-4/h6-7,10-11,21H,5,8-9H2,1-4H3,(H,19,20)/b17-11+. The molecule has 128 valence electrons. The van der Waals surface area contributed by atoms with Crippen molar-refractivity contribution < 1.29 is 24.6 Å². The van der Waals surface area contributed by atoms with E-state index in [1.807, 2.05) is 20.8 Å². The van der Waals surface area contributed by atoms with Crippen LogP contribution in [0.15, 0.2) is 23.4 Å². The lowest BCUT2D eigenvalue weighted by atomic mass is 10.1. The van der Waals surface area contributed by atoms with Crippen LogP contribution in [0, 0.1) is 0 Å². The van der Waals surface area contributed by atoms with Crippen LogP contribution < -0.4 is 9.47 Å². The van der Waals surface area contributed by atoms with Crippen LogP contribution in [0.25, 0.3) is 0 Å². The minimum atomic E-state index is -0.948. The zero-order chi connectivity index (χ0) is 17.5. The van der Waals surface area contributed by atoms with Crippen molar-refractivity contribution in [3.63, 3.8) is 0 Å². The van der Waals surface area contributed by atoms with Crippen LogP contribution >= 0.6 is 0 Å². The molecule has 1 rings (SSSR count). The van der Waals surface area contributed by atoms with Gasteiger partial charge in [0.25, 0.3) is 0 Å². The highest BCUT2D eigenvalue weighted by molar-refractivity contribution is 5.80. The number of ether oxygens (including phenoxy) is 2.